The van der Waals surface area contributed by atoms with Gasteiger partial charge in [-0.1, -0.05) is 49.4 Å². The predicted octanol–water partition coefficient (Wildman–Crippen LogP) is 3.97. The Morgan fingerprint density at radius 1 is 1.10 bits per heavy atom. The lowest BCUT2D eigenvalue weighted by atomic mass is 10.1. The summed E-state index contributed by atoms with van der Waals surface area (Å²) in [5.41, 5.74) is 1.64. The highest BCUT2D eigenvalue weighted by Gasteiger charge is 2.47. The summed E-state index contributed by atoms with van der Waals surface area (Å²) >= 11 is 1.08. The van der Waals surface area contributed by atoms with Crippen molar-refractivity contribution in [2.75, 3.05) is 25.6 Å². The molecule has 3 aromatic rings. The van der Waals surface area contributed by atoms with E-state index in [2.05, 4.69) is 15.6 Å². The average molecular weight is 581 g/mol. The van der Waals surface area contributed by atoms with E-state index in [1.165, 1.54) is 0 Å². The SMILES string of the molecule is CCC(=O)c1csc(NC(=O)[C@H](C(C)OCc2ccccc2)N2C(=O)N[C@H](c3ccc(OCCOC)cc3)C2=O)n1. The fourth-order valence-corrected chi connectivity index (χ4v) is 4.95. The molecule has 1 saturated heterocycles. The van der Waals surface area contributed by atoms with Gasteiger partial charge in [-0.15, -0.1) is 11.3 Å². The minimum Gasteiger partial charge on any atom is -0.491 e. The molecule has 4 rings (SSSR count). The second kappa shape index (κ2) is 14.0. The molecule has 1 unspecified atom stereocenters. The summed E-state index contributed by atoms with van der Waals surface area (Å²) in [6, 6.07) is 13.1. The van der Waals surface area contributed by atoms with Crippen LogP contribution in [0.5, 0.6) is 5.75 Å². The molecule has 12 heteroatoms. The first-order valence-corrected chi connectivity index (χ1v) is 14.0. The lowest BCUT2D eigenvalue weighted by molar-refractivity contribution is -0.139. The molecule has 1 fully saturated rings. The van der Waals surface area contributed by atoms with Crippen molar-refractivity contribution in [3.05, 3.63) is 76.8 Å². The maximum absolute atomic E-state index is 13.6. The molecule has 1 aromatic heterocycles. The van der Waals surface area contributed by atoms with Crippen molar-refractivity contribution < 1.29 is 33.4 Å². The van der Waals surface area contributed by atoms with Gasteiger partial charge in [-0.25, -0.2) is 14.7 Å². The van der Waals surface area contributed by atoms with Gasteiger partial charge in [0.15, 0.2) is 10.9 Å². The summed E-state index contributed by atoms with van der Waals surface area (Å²) < 4.78 is 16.5. The van der Waals surface area contributed by atoms with Crippen molar-refractivity contribution in [1.82, 2.24) is 15.2 Å². The Balaban J connectivity index is 1.55. The Labute approximate surface area is 241 Å². The van der Waals surface area contributed by atoms with E-state index in [0.717, 1.165) is 21.8 Å². The summed E-state index contributed by atoms with van der Waals surface area (Å²) in [7, 11) is 1.58. The molecular formula is C29H32N4O7S. The zero-order valence-electron chi connectivity index (χ0n) is 23.0. The van der Waals surface area contributed by atoms with Crippen LogP contribution in [0.3, 0.4) is 0 Å². The van der Waals surface area contributed by atoms with Gasteiger partial charge >= 0.3 is 6.03 Å². The number of Topliss-reactive ketones (excluding diaryl/α,β-unsaturated/α-hetero) is 1. The fourth-order valence-electron chi connectivity index (χ4n) is 4.24. The van der Waals surface area contributed by atoms with Gasteiger partial charge in [-0.05, 0) is 30.2 Å². The summed E-state index contributed by atoms with van der Waals surface area (Å²) in [6.45, 7) is 4.31. The average Bonchev–Trinajstić information content (AvgIpc) is 3.57. The molecule has 3 atom stereocenters. The Hall–Kier alpha value is -4.13. The van der Waals surface area contributed by atoms with Crippen LogP contribution in [0, 0.1) is 0 Å². The molecule has 2 N–H and O–H groups in total. The largest absolute Gasteiger partial charge is 0.491 e. The first-order chi connectivity index (χ1) is 19.8. The third-order valence-corrected chi connectivity index (χ3v) is 7.19. The van der Waals surface area contributed by atoms with Gasteiger partial charge < -0.3 is 24.8 Å². The number of benzene rings is 2. The van der Waals surface area contributed by atoms with E-state index in [4.69, 9.17) is 14.2 Å². The zero-order chi connectivity index (χ0) is 29.4. The second-order valence-electron chi connectivity index (χ2n) is 9.25. The number of ketones is 1. The quantitative estimate of drug-likeness (QED) is 0.166. The van der Waals surface area contributed by atoms with Crippen molar-refractivity contribution >= 4 is 40.1 Å². The van der Waals surface area contributed by atoms with Gasteiger partial charge in [0.05, 0.1) is 19.3 Å². The molecular weight excluding hydrogens is 548 g/mol. The molecule has 2 heterocycles. The van der Waals surface area contributed by atoms with Crippen LogP contribution in [0.2, 0.25) is 0 Å². The summed E-state index contributed by atoms with van der Waals surface area (Å²) in [5, 5.41) is 7.07. The number of methoxy groups -OCH3 is 1. The van der Waals surface area contributed by atoms with Gasteiger partial charge in [-0.3, -0.25) is 14.4 Å². The molecule has 4 amide bonds. The number of hydrogen-bond acceptors (Lipinski definition) is 9. The molecule has 0 saturated carbocycles. The standard InChI is InChI=1S/C29H32N4O7S/c1-4-23(34)22-17-41-28(30-22)32-26(35)25(18(2)40-16-19-8-6-5-7-9-19)33-27(36)24(31-29(33)37)20-10-12-21(13-11-20)39-15-14-38-3/h5-13,17-18,24-25H,4,14-16H2,1-3H3,(H,31,37)(H,30,32,35)/t18?,24-,25+/m1/s1. The van der Waals surface area contributed by atoms with E-state index >= 15 is 0 Å². The van der Waals surface area contributed by atoms with E-state index in [9.17, 15) is 19.2 Å². The monoisotopic (exact) mass is 580 g/mol. The van der Waals surface area contributed by atoms with Gasteiger partial charge in [0, 0.05) is 18.9 Å². The topological polar surface area (TPSA) is 136 Å². The summed E-state index contributed by atoms with van der Waals surface area (Å²) in [4.78, 5) is 57.5. The van der Waals surface area contributed by atoms with Gasteiger partial charge in [-0.2, -0.15) is 0 Å². The summed E-state index contributed by atoms with van der Waals surface area (Å²) in [6.07, 6.45) is -0.606. The Kier molecular flexibility index (Phi) is 10.2. The number of nitrogens with zero attached hydrogens (tertiary/aromatic N) is 2. The highest BCUT2D eigenvalue weighted by atomic mass is 32.1. The smallest absolute Gasteiger partial charge is 0.325 e. The second-order valence-corrected chi connectivity index (χ2v) is 10.1. The molecule has 216 valence electrons. The van der Waals surface area contributed by atoms with Gasteiger partial charge in [0.2, 0.25) is 0 Å². The fraction of sp³-hybridized carbons (Fsp3) is 0.345. The highest BCUT2D eigenvalue weighted by molar-refractivity contribution is 7.14. The number of rotatable bonds is 14. The number of nitrogens with one attached hydrogen (secondary N) is 2. The van der Waals surface area contributed by atoms with Crippen molar-refractivity contribution in [2.45, 2.75) is 45.1 Å². The van der Waals surface area contributed by atoms with E-state index in [1.54, 1.807) is 50.6 Å². The lowest BCUT2D eigenvalue weighted by Crippen LogP contribution is -2.53. The number of urea groups is 1. The van der Waals surface area contributed by atoms with Gasteiger partial charge in [0.1, 0.15) is 30.1 Å². The molecule has 1 aliphatic rings. The number of aromatic nitrogens is 1. The number of ether oxygens (including phenoxy) is 3. The Morgan fingerprint density at radius 2 is 1.83 bits per heavy atom. The number of hydrogen-bond donors (Lipinski definition) is 2. The lowest BCUT2D eigenvalue weighted by Gasteiger charge is -2.29. The van der Waals surface area contributed by atoms with E-state index < -0.39 is 36.0 Å². The minimum atomic E-state index is -1.32. The normalized spacial score (nSPS) is 16.3. The Morgan fingerprint density at radius 3 is 2.51 bits per heavy atom. The number of thiazole rings is 1. The first kappa shape index (κ1) is 29.8. The summed E-state index contributed by atoms with van der Waals surface area (Å²) in [5.74, 6) is -0.838. The molecule has 1 aliphatic heterocycles. The molecule has 0 spiro atoms. The van der Waals surface area contributed by atoms with Crippen molar-refractivity contribution in [3.63, 3.8) is 0 Å². The molecule has 0 bridgehead atoms. The number of imide groups is 1. The molecule has 41 heavy (non-hydrogen) atoms. The van der Waals surface area contributed by atoms with E-state index in [0.29, 0.717) is 24.5 Å². The maximum Gasteiger partial charge on any atom is 0.325 e. The number of carbonyl (C=O) groups excluding carboxylic acids is 4. The van der Waals surface area contributed by atoms with Crippen LogP contribution in [0.25, 0.3) is 0 Å². The van der Waals surface area contributed by atoms with Crippen LogP contribution >= 0.6 is 11.3 Å². The van der Waals surface area contributed by atoms with Crippen LogP contribution in [0.1, 0.15) is 47.9 Å². The molecule has 2 aromatic carbocycles. The highest BCUT2D eigenvalue weighted by Crippen LogP contribution is 2.28. The van der Waals surface area contributed by atoms with E-state index in [1.807, 2.05) is 30.3 Å². The molecule has 11 nitrogen and oxygen atoms in total. The van der Waals surface area contributed by atoms with E-state index in [-0.39, 0.29) is 29.6 Å². The molecule has 0 radical (unpaired) electrons. The predicted molar refractivity (Wildman–Crippen MR) is 152 cm³/mol. The molecule has 0 aliphatic carbocycles. The third kappa shape index (κ3) is 7.34. The van der Waals surface area contributed by atoms with Gasteiger partial charge in [0.25, 0.3) is 11.8 Å². The number of carbonyl (C=O) groups is 4. The first-order valence-electron chi connectivity index (χ1n) is 13.1. The van der Waals surface area contributed by atoms with Crippen LogP contribution in [-0.4, -0.2) is 66.0 Å². The Bertz CT molecular complexity index is 1360. The van der Waals surface area contributed by atoms with Crippen molar-refractivity contribution in [1.29, 1.82) is 0 Å². The minimum absolute atomic E-state index is 0.162. The van der Waals surface area contributed by atoms with Crippen molar-refractivity contribution in [2.24, 2.45) is 0 Å². The van der Waals surface area contributed by atoms with Crippen molar-refractivity contribution in [3.8, 4) is 5.75 Å². The van der Waals surface area contributed by atoms with Crippen LogP contribution < -0.4 is 15.4 Å². The number of amides is 4. The van der Waals surface area contributed by atoms with Crippen LogP contribution in [0.4, 0.5) is 9.93 Å². The third-order valence-electron chi connectivity index (χ3n) is 6.43. The number of anilines is 1. The zero-order valence-corrected chi connectivity index (χ0v) is 23.8. The maximum atomic E-state index is 13.6. The van der Waals surface area contributed by atoms with Crippen LogP contribution in [0.15, 0.2) is 60.0 Å². The van der Waals surface area contributed by atoms with Crippen LogP contribution in [-0.2, 0) is 25.7 Å².